The lowest BCUT2D eigenvalue weighted by Crippen LogP contribution is -2.30. The predicted octanol–water partition coefficient (Wildman–Crippen LogP) is 1.91. The second-order valence-electron chi connectivity index (χ2n) is 4.32. The minimum Gasteiger partial charge on any atom is -0.449 e. The van der Waals surface area contributed by atoms with Gasteiger partial charge in [-0.25, -0.2) is 9.48 Å². The quantitative estimate of drug-likeness (QED) is 0.652. The molecule has 0 aromatic carbocycles. The van der Waals surface area contributed by atoms with E-state index in [-0.39, 0.29) is 11.9 Å². The number of carbonyl (C=O) groups is 2. The Kier molecular flexibility index (Phi) is 5.29. The van der Waals surface area contributed by atoms with Gasteiger partial charge < -0.3 is 10.1 Å². The Morgan fingerprint density at radius 2 is 2.11 bits per heavy atom. The summed E-state index contributed by atoms with van der Waals surface area (Å²) in [6.45, 7) is 7.14. The summed E-state index contributed by atoms with van der Waals surface area (Å²) in [4.78, 5) is 23.1. The van der Waals surface area contributed by atoms with Crippen molar-refractivity contribution < 1.29 is 14.3 Å². The zero-order valence-electron chi connectivity index (χ0n) is 11.6. The highest BCUT2D eigenvalue weighted by Crippen LogP contribution is 2.13. The molecule has 0 fully saturated rings. The van der Waals surface area contributed by atoms with E-state index >= 15 is 0 Å². The standard InChI is InChI=1S/C13H19N3O3/c1-5-6-12(17)19-10(4)13(18)15-11-7-8-14-16(11)9(2)3/h5-10H,1-4H3,(H,15,18)/b6-5-/t10-/m1/s1. The third-order valence-corrected chi connectivity index (χ3v) is 2.38. The highest BCUT2D eigenvalue weighted by Gasteiger charge is 2.18. The molecule has 0 spiro atoms. The van der Waals surface area contributed by atoms with Gasteiger partial charge in [-0.2, -0.15) is 5.10 Å². The van der Waals surface area contributed by atoms with Gasteiger partial charge in [-0.1, -0.05) is 6.08 Å². The fourth-order valence-electron chi connectivity index (χ4n) is 1.46. The molecule has 1 aromatic rings. The smallest absolute Gasteiger partial charge is 0.331 e. The molecule has 0 bridgehead atoms. The van der Waals surface area contributed by atoms with Gasteiger partial charge >= 0.3 is 5.97 Å². The van der Waals surface area contributed by atoms with Crippen molar-refractivity contribution in [1.29, 1.82) is 0 Å². The number of aromatic nitrogens is 2. The lowest BCUT2D eigenvalue weighted by molar-refractivity contribution is -0.148. The van der Waals surface area contributed by atoms with Gasteiger partial charge in [-0.3, -0.25) is 4.79 Å². The Labute approximate surface area is 112 Å². The molecule has 6 nitrogen and oxygen atoms in total. The number of ether oxygens (including phenoxy) is 1. The van der Waals surface area contributed by atoms with E-state index in [1.54, 1.807) is 29.9 Å². The number of esters is 1. The third kappa shape index (κ3) is 4.24. The molecule has 0 unspecified atom stereocenters. The van der Waals surface area contributed by atoms with Crippen LogP contribution in [-0.4, -0.2) is 27.8 Å². The SMILES string of the molecule is C/C=C\C(=O)O[C@H](C)C(=O)Nc1ccnn1C(C)C. The monoisotopic (exact) mass is 265 g/mol. The molecule has 1 heterocycles. The van der Waals surface area contributed by atoms with Gasteiger partial charge in [-0.05, 0) is 27.7 Å². The molecular formula is C13H19N3O3. The molecule has 0 aliphatic heterocycles. The Morgan fingerprint density at radius 1 is 1.42 bits per heavy atom. The van der Waals surface area contributed by atoms with Crippen LogP contribution in [0, 0.1) is 0 Å². The summed E-state index contributed by atoms with van der Waals surface area (Å²) in [5.74, 6) is -0.350. The van der Waals surface area contributed by atoms with Crippen LogP contribution in [0.15, 0.2) is 24.4 Å². The van der Waals surface area contributed by atoms with Crippen LogP contribution in [0.5, 0.6) is 0 Å². The first-order chi connectivity index (χ1) is 8.95. The highest BCUT2D eigenvalue weighted by molar-refractivity contribution is 5.95. The number of rotatable bonds is 5. The van der Waals surface area contributed by atoms with Crippen LogP contribution in [0.1, 0.15) is 33.7 Å². The van der Waals surface area contributed by atoms with Gasteiger partial charge in [0, 0.05) is 18.2 Å². The van der Waals surface area contributed by atoms with Crippen LogP contribution in [-0.2, 0) is 14.3 Å². The number of hydrogen-bond acceptors (Lipinski definition) is 4. The van der Waals surface area contributed by atoms with Crippen LogP contribution >= 0.6 is 0 Å². The van der Waals surface area contributed by atoms with Gasteiger partial charge in [-0.15, -0.1) is 0 Å². The van der Waals surface area contributed by atoms with E-state index in [1.165, 1.54) is 13.0 Å². The van der Waals surface area contributed by atoms with E-state index in [0.29, 0.717) is 5.82 Å². The molecule has 1 aromatic heterocycles. The molecule has 1 atom stereocenters. The van der Waals surface area contributed by atoms with Gasteiger partial charge in [0.1, 0.15) is 5.82 Å². The van der Waals surface area contributed by atoms with E-state index in [2.05, 4.69) is 10.4 Å². The maximum atomic E-state index is 11.9. The van der Waals surface area contributed by atoms with Crippen molar-refractivity contribution in [2.24, 2.45) is 0 Å². The van der Waals surface area contributed by atoms with Crippen LogP contribution in [0.2, 0.25) is 0 Å². The minimum atomic E-state index is -0.862. The Morgan fingerprint density at radius 3 is 2.68 bits per heavy atom. The topological polar surface area (TPSA) is 73.2 Å². The molecule has 1 amide bonds. The maximum absolute atomic E-state index is 11.9. The van der Waals surface area contributed by atoms with Crippen molar-refractivity contribution in [1.82, 2.24) is 9.78 Å². The maximum Gasteiger partial charge on any atom is 0.331 e. The van der Waals surface area contributed by atoms with Gasteiger partial charge in [0.25, 0.3) is 5.91 Å². The number of nitrogens with zero attached hydrogens (tertiary/aromatic N) is 2. The Hall–Kier alpha value is -2.11. The lowest BCUT2D eigenvalue weighted by Gasteiger charge is -2.15. The second kappa shape index (κ2) is 6.72. The van der Waals surface area contributed by atoms with Crippen LogP contribution in [0.3, 0.4) is 0 Å². The van der Waals surface area contributed by atoms with Crippen LogP contribution in [0.4, 0.5) is 5.82 Å². The number of allylic oxidation sites excluding steroid dienone is 1. The first kappa shape index (κ1) is 14.9. The fourth-order valence-corrected chi connectivity index (χ4v) is 1.46. The summed E-state index contributed by atoms with van der Waals surface area (Å²) < 4.78 is 6.61. The molecule has 1 rings (SSSR count). The number of hydrogen-bond donors (Lipinski definition) is 1. The molecule has 0 radical (unpaired) electrons. The molecule has 0 saturated carbocycles. The molecule has 0 aliphatic rings. The zero-order valence-corrected chi connectivity index (χ0v) is 11.6. The lowest BCUT2D eigenvalue weighted by atomic mass is 10.3. The van der Waals surface area contributed by atoms with Crippen LogP contribution < -0.4 is 5.32 Å². The van der Waals surface area contributed by atoms with Crippen molar-refractivity contribution in [3.63, 3.8) is 0 Å². The fraction of sp³-hybridized carbons (Fsp3) is 0.462. The average Bonchev–Trinajstić information content (AvgIpc) is 2.77. The average molecular weight is 265 g/mol. The molecule has 1 N–H and O–H groups in total. The van der Waals surface area contributed by atoms with E-state index in [0.717, 1.165) is 0 Å². The normalized spacial score (nSPS) is 12.7. The molecule has 0 saturated heterocycles. The summed E-state index contributed by atoms with van der Waals surface area (Å²) >= 11 is 0. The van der Waals surface area contributed by atoms with E-state index < -0.39 is 12.1 Å². The Balaban J connectivity index is 2.64. The first-order valence-electron chi connectivity index (χ1n) is 6.13. The molecular weight excluding hydrogens is 246 g/mol. The Bertz CT molecular complexity index is 477. The summed E-state index contributed by atoms with van der Waals surface area (Å²) in [7, 11) is 0. The number of carbonyl (C=O) groups excluding carboxylic acids is 2. The van der Waals surface area contributed by atoms with Gasteiger partial charge in [0.2, 0.25) is 0 Å². The van der Waals surface area contributed by atoms with Crippen molar-refractivity contribution in [3.05, 3.63) is 24.4 Å². The van der Waals surface area contributed by atoms with E-state index in [1.807, 2.05) is 13.8 Å². The van der Waals surface area contributed by atoms with Crippen LogP contribution in [0.25, 0.3) is 0 Å². The number of anilines is 1. The molecule has 0 aliphatic carbocycles. The molecule has 19 heavy (non-hydrogen) atoms. The predicted molar refractivity (Wildman–Crippen MR) is 71.6 cm³/mol. The van der Waals surface area contributed by atoms with E-state index in [9.17, 15) is 9.59 Å². The van der Waals surface area contributed by atoms with Gasteiger partial charge in [0.15, 0.2) is 6.10 Å². The molecule has 6 heteroatoms. The van der Waals surface area contributed by atoms with Crippen molar-refractivity contribution in [3.8, 4) is 0 Å². The largest absolute Gasteiger partial charge is 0.449 e. The van der Waals surface area contributed by atoms with E-state index in [4.69, 9.17) is 4.74 Å². The second-order valence-corrected chi connectivity index (χ2v) is 4.32. The first-order valence-corrected chi connectivity index (χ1v) is 6.13. The van der Waals surface area contributed by atoms with Crippen molar-refractivity contribution in [2.75, 3.05) is 5.32 Å². The zero-order chi connectivity index (χ0) is 14.4. The summed E-state index contributed by atoms with van der Waals surface area (Å²) in [6, 6.07) is 1.82. The number of nitrogens with one attached hydrogen (secondary N) is 1. The highest BCUT2D eigenvalue weighted by atomic mass is 16.5. The van der Waals surface area contributed by atoms with Crippen molar-refractivity contribution >= 4 is 17.7 Å². The van der Waals surface area contributed by atoms with Gasteiger partial charge in [0.05, 0.1) is 6.20 Å². The minimum absolute atomic E-state index is 0.131. The third-order valence-electron chi connectivity index (χ3n) is 2.38. The number of amides is 1. The summed E-state index contributed by atoms with van der Waals surface area (Å²) in [5, 5.41) is 6.78. The summed E-state index contributed by atoms with van der Waals surface area (Å²) in [5.41, 5.74) is 0. The van der Waals surface area contributed by atoms with Crippen molar-refractivity contribution in [2.45, 2.75) is 39.8 Å². The molecule has 104 valence electrons. The summed E-state index contributed by atoms with van der Waals surface area (Å²) in [6.07, 6.45) is 3.56.